The molecular formula is C22H12ClN5OS. The molecule has 1 aromatic carbocycles. The SMILES string of the molecule is Cc1ccc(-c2nc3[nH]c(=O)cc(C#N)c3nc2-c2cc(Cl)c3ncccc3c2)s1. The molecule has 0 amide bonds. The number of nitriles is 1. The van der Waals surface area contributed by atoms with Gasteiger partial charge in [0.2, 0.25) is 0 Å². The van der Waals surface area contributed by atoms with E-state index in [0.29, 0.717) is 27.4 Å². The number of hydrogen-bond acceptors (Lipinski definition) is 6. The number of nitrogens with zero attached hydrogens (tertiary/aromatic N) is 4. The molecule has 0 spiro atoms. The molecule has 0 fully saturated rings. The Labute approximate surface area is 179 Å². The van der Waals surface area contributed by atoms with Crippen LogP contribution in [0.15, 0.2) is 53.5 Å². The van der Waals surface area contributed by atoms with Gasteiger partial charge >= 0.3 is 0 Å². The highest BCUT2D eigenvalue weighted by molar-refractivity contribution is 7.15. The maximum Gasteiger partial charge on any atom is 0.250 e. The van der Waals surface area contributed by atoms with Crippen molar-refractivity contribution in [2.24, 2.45) is 0 Å². The van der Waals surface area contributed by atoms with Gasteiger partial charge in [-0.25, -0.2) is 9.97 Å². The molecule has 0 aliphatic rings. The molecule has 0 atom stereocenters. The van der Waals surface area contributed by atoms with Gasteiger partial charge in [0, 0.05) is 28.1 Å². The summed E-state index contributed by atoms with van der Waals surface area (Å²) in [5, 5.41) is 10.9. The first kappa shape index (κ1) is 18.4. The fraction of sp³-hybridized carbons (Fsp3) is 0.0455. The number of aromatic amines is 1. The van der Waals surface area contributed by atoms with Crippen LogP contribution in [0.1, 0.15) is 10.4 Å². The molecule has 1 N–H and O–H groups in total. The second-order valence-corrected chi connectivity index (χ2v) is 8.42. The highest BCUT2D eigenvalue weighted by Crippen LogP contribution is 2.37. The van der Waals surface area contributed by atoms with Gasteiger partial charge in [0.1, 0.15) is 17.3 Å². The molecule has 0 aliphatic heterocycles. The van der Waals surface area contributed by atoms with Gasteiger partial charge in [-0.05, 0) is 37.3 Å². The minimum Gasteiger partial charge on any atom is -0.305 e. The average Bonchev–Trinajstić information content (AvgIpc) is 3.18. The first-order valence-corrected chi connectivity index (χ1v) is 10.2. The van der Waals surface area contributed by atoms with Crippen LogP contribution in [0.3, 0.4) is 0 Å². The van der Waals surface area contributed by atoms with E-state index in [1.807, 2.05) is 43.3 Å². The Bertz CT molecular complexity index is 1560. The fourth-order valence-electron chi connectivity index (χ4n) is 3.37. The van der Waals surface area contributed by atoms with Crippen LogP contribution in [0.25, 0.3) is 43.9 Å². The molecule has 8 heteroatoms. The van der Waals surface area contributed by atoms with Gasteiger partial charge in [-0.15, -0.1) is 11.3 Å². The topological polar surface area (TPSA) is 95.3 Å². The molecule has 0 bridgehead atoms. The van der Waals surface area contributed by atoms with Gasteiger partial charge < -0.3 is 4.98 Å². The van der Waals surface area contributed by atoms with Gasteiger partial charge in [0.25, 0.3) is 5.56 Å². The van der Waals surface area contributed by atoms with E-state index in [4.69, 9.17) is 21.6 Å². The van der Waals surface area contributed by atoms with Crippen molar-refractivity contribution in [1.29, 1.82) is 5.26 Å². The predicted octanol–water partition coefficient (Wildman–Crippen LogP) is 5.10. The molecule has 4 aromatic heterocycles. The van der Waals surface area contributed by atoms with Crippen LogP contribution in [-0.4, -0.2) is 19.9 Å². The van der Waals surface area contributed by atoms with Crippen molar-refractivity contribution in [3.05, 3.63) is 74.5 Å². The molecule has 144 valence electrons. The van der Waals surface area contributed by atoms with Crippen molar-refractivity contribution in [3.63, 3.8) is 0 Å². The van der Waals surface area contributed by atoms with E-state index in [9.17, 15) is 10.1 Å². The van der Waals surface area contributed by atoms with Gasteiger partial charge in [-0.1, -0.05) is 17.7 Å². The highest BCUT2D eigenvalue weighted by atomic mass is 35.5. The Balaban J connectivity index is 1.89. The molecule has 0 unspecified atom stereocenters. The van der Waals surface area contributed by atoms with Crippen molar-refractivity contribution >= 4 is 45.0 Å². The van der Waals surface area contributed by atoms with E-state index in [-0.39, 0.29) is 11.2 Å². The van der Waals surface area contributed by atoms with Gasteiger partial charge in [0.15, 0.2) is 5.65 Å². The number of pyridine rings is 2. The Morgan fingerprint density at radius 1 is 1.10 bits per heavy atom. The lowest BCUT2D eigenvalue weighted by atomic mass is 10.0. The number of nitrogens with one attached hydrogen (secondary N) is 1. The number of H-pyrrole nitrogens is 1. The molecular weight excluding hydrogens is 418 g/mol. The summed E-state index contributed by atoms with van der Waals surface area (Å²) < 4.78 is 0. The number of benzene rings is 1. The predicted molar refractivity (Wildman–Crippen MR) is 119 cm³/mol. The summed E-state index contributed by atoms with van der Waals surface area (Å²) in [4.78, 5) is 30.5. The van der Waals surface area contributed by atoms with Crippen LogP contribution in [0.2, 0.25) is 5.02 Å². The zero-order valence-corrected chi connectivity index (χ0v) is 17.2. The number of thiophene rings is 1. The van der Waals surface area contributed by atoms with E-state index < -0.39 is 5.56 Å². The highest BCUT2D eigenvalue weighted by Gasteiger charge is 2.18. The number of hydrogen-bond donors (Lipinski definition) is 1. The molecule has 0 saturated heterocycles. The fourth-order valence-corrected chi connectivity index (χ4v) is 4.50. The summed E-state index contributed by atoms with van der Waals surface area (Å²) in [6.45, 7) is 2.01. The third-order valence-electron chi connectivity index (χ3n) is 4.69. The lowest BCUT2D eigenvalue weighted by Gasteiger charge is -2.11. The monoisotopic (exact) mass is 429 g/mol. The first-order valence-electron chi connectivity index (χ1n) is 9.00. The van der Waals surface area contributed by atoms with Crippen molar-refractivity contribution in [1.82, 2.24) is 19.9 Å². The number of rotatable bonds is 2. The molecule has 5 aromatic rings. The van der Waals surface area contributed by atoms with Crippen molar-refractivity contribution in [2.75, 3.05) is 0 Å². The second-order valence-electron chi connectivity index (χ2n) is 6.72. The summed E-state index contributed by atoms with van der Waals surface area (Å²) >= 11 is 8.08. The number of aryl methyl sites for hydroxylation is 1. The summed E-state index contributed by atoms with van der Waals surface area (Å²) in [7, 11) is 0. The molecule has 0 aliphatic carbocycles. The lowest BCUT2D eigenvalue weighted by Crippen LogP contribution is -2.08. The summed E-state index contributed by atoms with van der Waals surface area (Å²) in [6.07, 6.45) is 1.69. The van der Waals surface area contributed by atoms with Crippen LogP contribution in [0.4, 0.5) is 0 Å². The lowest BCUT2D eigenvalue weighted by molar-refractivity contribution is 1.19. The summed E-state index contributed by atoms with van der Waals surface area (Å²) in [5.41, 5.74) is 3.05. The first-order chi connectivity index (χ1) is 14.5. The maximum absolute atomic E-state index is 12.0. The Hall–Kier alpha value is -3.60. The Kier molecular flexibility index (Phi) is 4.31. The molecule has 4 heterocycles. The molecule has 0 radical (unpaired) electrons. The molecule has 0 saturated carbocycles. The third kappa shape index (κ3) is 3.03. The quantitative estimate of drug-likeness (QED) is 0.421. The normalized spacial score (nSPS) is 11.1. The second kappa shape index (κ2) is 7.02. The third-order valence-corrected chi connectivity index (χ3v) is 5.99. The molecule has 30 heavy (non-hydrogen) atoms. The molecule has 5 rings (SSSR count). The smallest absolute Gasteiger partial charge is 0.250 e. The van der Waals surface area contributed by atoms with Crippen LogP contribution >= 0.6 is 22.9 Å². The largest absolute Gasteiger partial charge is 0.305 e. The van der Waals surface area contributed by atoms with E-state index in [2.05, 4.69) is 9.97 Å². The van der Waals surface area contributed by atoms with Crippen molar-refractivity contribution in [2.45, 2.75) is 6.92 Å². The Morgan fingerprint density at radius 2 is 1.97 bits per heavy atom. The zero-order chi connectivity index (χ0) is 20.8. The van der Waals surface area contributed by atoms with Crippen molar-refractivity contribution < 1.29 is 0 Å². The van der Waals surface area contributed by atoms with Crippen molar-refractivity contribution in [3.8, 4) is 27.9 Å². The van der Waals surface area contributed by atoms with Crippen LogP contribution in [-0.2, 0) is 0 Å². The average molecular weight is 430 g/mol. The van der Waals surface area contributed by atoms with E-state index in [1.54, 1.807) is 23.6 Å². The summed E-state index contributed by atoms with van der Waals surface area (Å²) in [6, 6.07) is 14.8. The van der Waals surface area contributed by atoms with E-state index in [0.717, 1.165) is 20.7 Å². The standard InChI is InChI=1S/C22H12ClN5OS/c1-11-4-5-16(30-11)21-19(13-7-12-3-2-6-25-18(12)15(23)8-13)27-20-14(10-24)9-17(29)26-22(20)28-21/h2-9H,1H3,(H,26,28,29). The van der Waals surface area contributed by atoms with Gasteiger partial charge in [0.05, 0.1) is 26.7 Å². The maximum atomic E-state index is 12.0. The minimum absolute atomic E-state index is 0.171. The number of halogens is 1. The van der Waals surface area contributed by atoms with Gasteiger partial charge in [-0.2, -0.15) is 5.26 Å². The zero-order valence-electron chi connectivity index (χ0n) is 15.6. The van der Waals surface area contributed by atoms with Gasteiger partial charge in [-0.3, -0.25) is 9.78 Å². The molecule has 6 nitrogen and oxygen atoms in total. The van der Waals surface area contributed by atoms with E-state index >= 15 is 0 Å². The number of aromatic nitrogens is 4. The minimum atomic E-state index is -0.394. The number of fused-ring (bicyclic) bond motifs is 2. The Morgan fingerprint density at radius 3 is 2.73 bits per heavy atom. The van der Waals surface area contributed by atoms with Crippen LogP contribution in [0, 0.1) is 18.3 Å². The van der Waals surface area contributed by atoms with E-state index in [1.165, 1.54) is 6.07 Å². The van der Waals surface area contributed by atoms with Crippen LogP contribution in [0.5, 0.6) is 0 Å². The van der Waals surface area contributed by atoms with Crippen LogP contribution < -0.4 is 5.56 Å². The summed E-state index contributed by atoms with van der Waals surface area (Å²) in [5.74, 6) is 0.